The molecule has 0 bridgehead atoms. The number of carbonyl (C=O) groups is 2. The number of rotatable bonds is 4. The first-order chi connectivity index (χ1) is 13.7. The number of aromatic nitrogens is 1. The highest BCUT2D eigenvalue weighted by Crippen LogP contribution is 2.31. The van der Waals surface area contributed by atoms with Crippen LogP contribution in [0, 0.1) is 0 Å². The number of halogens is 1. The molecule has 2 heterocycles. The zero-order chi connectivity index (χ0) is 20.8. The highest BCUT2D eigenvalue weighted by molar-refractivity contribution is 7.90. The average molecular weight is 448 g/mol. The molecular formula is C19H14ClN3O4S2. The van der Waals surface area contributed by atoms with Crippen molar-refractivity contribution in [3.05, 3.63) is 57.9 Å². The molecule has 10 heteroatoms. The summed E-state index contributed by atoms with van der Waals surface area (Å²) in [6, 6.07) is 9.52. The minimum absolute atomic E-state index is 0.00757. The quantitative estimate of drug-likeness (QED) is 0.635. The van der Waals surface area contributed by atoms with E-state index in [1.54, 1.807) is 5.38 Å². The van der Waals surface area contributed by atoms with Crippen LogP contribution in [0.3, 0.4) is 0 Å². The second kappa shape index (κ2) is 7.25. The predicted octanol–water partition coefficient (Wildman–Crippen LogP) is 3.61. The van der Waals surface area contributed by atoms with E-state index in [2.05, 4.69) is 15.6 Å². The van der Waals surface area contributed by atoms with E-state index in [1.165, 1.54) is 29.5 Å². The van der Waals surface area contributed by atoms with Crippen LogP contribution in [0.1, 0.15) is 15.9 Å². The first-order valence-corrected chi connectivity index (χ1v) is 11.6. The van der Waals surface area contributed by atoms with E-state index in [1.807, 2.05) is 18.2 Å². The van der Waals surface area contributed by atoms with Crippen LogP contribution in [-0.4, -0.2) is 31.5 Å². The predicted molar refractivity (Wildman–Crippen MR) is 112 cm³/mol. The Morgan fingerprint density at radius 2 is 2.03 bits per heavy atom. The van der Waals surface area contributed by atoms with Gasteiger partial charge in [-0.25, -0.2) is 13.4 Å². The van der Waals surface area contributed by atoms with Crippen LogP contribution in [-0.2, 0) is 21.1 Å². The van der Waals surface area contributed by atoms with Crippen molar-refractivity contribution in [1.82, 2.24) is 4.98 Å². The molecule has 29 heavy (non-hydrogen) atoms. The second-order valence-electron chi connectivity index (χ2n) is 6.50. The molecule has 0 saturated heterocycles. The maximum atomic E-state index is 12.6. The first-order valence-electron chi connectivity index (χ1n) is 8.40. The van der Waals surface area contributed by atoms with Crippen molar-refractivity contribution >= 4 is 55.4 Å². The molecular weight excluding hydrogens is 434 g/mol. The molecule has 0 atom stereocenters. The van der Waals surface area contributed by atoms with Crippen molar-refractivity contribution in [2.24, 2.45) is 0 Å². The van der Waals surface area contributed by atoms with Crippen molar-refractivity contribution in [2.45, 2.75) is 11.3 Å². The molecule has 2 amide bonds. The number of thiazole rings is 1. The second-order valence-corrected chi connectivity index (χ2v) is 9.78. The third-order valence-corrected chi connectivity index (χ3v) is 6.56. The van der Waals surface area contributed by atoms with E-state index in [9.17, 15) is 18.0 Å². The zero-order valence-electron chi connectivity index (χ0n) is 15.0. The lowest BCUT2D eigenvalue weighted by molar-refractivity contribution is -0.115. The van der Waals surface area contributed by atoms with Gasteiger partial charge in [0.1, 0.15) is 0 Å². The summed E-state index contributed by atoms with van der Waals surface area (Å²) in [7, 11) is -3.47. The fourth-order valence-electron chi connectivity index (χ4n) is 2.93. The Balaban J connectivity index is 1.57. The molecule has 3 aromatic rings. The number of fused-ring (bicyclic) bond motifs is 1. The highest BCUT2D eigenvalue weighted by Gasteiger charge is 2.19. The molecule has 0 aliphatic carbocycles. The van der Waals surface area contributed by atoms with Gasteiger partial charge in [0, 0.05) is 22.9 Å². The van der Waals surface area contributed by atoms with Crippen LogP contribution in [0.4, 0.5) is 10.8 Å². The van der Waals surface area contributed by atoms with Gasteiger partial charge in [-0.1, -0.05) is 17.7 Å². The number of carbonyl (C=O) groups excluding carboxylic acids is 2. The molecule has 1 aliphatic heterocycles. The Kier molecular flexibility index (Phi) is 4.89. The summed E-state index contributed by atoms with van der Waals surface area (Å²) in [6.07, 6.45) is 1.39. The number of anilines is 2. The van der Waals surface area contributed by atoms with Gasteiger partial charge >= 0.3 is 0 Å². The summed E-state index contributed by atoms with van der Waals surface area (Å²) in [4.78, 5) is 28.5. The van der Waals surface area contributed by atoms with E-state index in [0.29, 0.717) is 17.2 Å². The van der Waals surface area contributed by atoms with Gasteiger partial charge in [-0.2, -0.15) is 0 Å². The summed E-state index contributed by atoms with van der Waals surface area (Å²) >= 11 is 7.30. The van der Waals surface area contributed by atoms with Crippen molar-refractivity contribution in [3.63, 3.8) is 0 Å². The number of nitrogens with zero attached hydrogens (tertiary/aromatic N) is 1. The molecule has 7 nitrogen and oxygen atoms in total. The van der Waals surface area contributed by atoms with Crippen molar-refractivity contribution < 1.29 is 18.0 Å². The van der Waals surface area contributed by atoms with Gasteiger partial charge in [0.2, 0.25) is 5.91 Å². The maximum Gasteiger partial charge on any atom is 0.259 e. The van der Waals surface area contributed by atoms with Crippen molar-refractivity contribution in [3.8, 4) is 11.3 Å². The molecule has 0 radical (unpaired) electrons. The van der Waals surface area contributed by atoms with Gasteiger partial charge in [-0.05, 0) is 35.9 Å². The lowest BCUT2D eigenvalue weighted by Crippen LogP contribution is -2.13. The molecule has 2 aromatic carbocycles. The minimum Gasteiger partial charge on any atom is -0.326 e. The summed E-state index contributed by atoms with van der Waals surface area (Å²) < 4.78 is 23.5. The Bertz CT molecular complexity index is 1270. The summed E-state index contributed by atoms with van der Waals surface area (Å²) in [5.41, 5.74) is 3.23. The summed E-state index contributed by atoms with van der Waals surface area (Å²) in [6.45, 7) is 0. The summed E-state index contributed by atoms with van der Waals surface area (Å²) in [5, 5.41) is 7.70. The van der Waals surface area contributed by atoms with Gasteiger partial charge in [0.05, 0.1) is 27.6 Å². The molecule has 0 unspecified atom stereocenters. The number of sulfone groups is 1. The molecule has 1 aliphatic rings. The SMILES string of the molecule is CS(=O)(=O)c1ccc(Cl)c(C(=O)Nc2nc(-c3ccc4c(c3)CC(=O)N4)cs2)c1. The Hall–Kier alpha value is -2.75. The number of nitrogens with one attached hydrogen (secondary N) is 2. The van der Waals surface area contributed by atoms with E-state index in [4.69, 9.17) is 11.6 Å². The highest BCUT2D eigenvalue weighted by atomic mass is 35.5. The van der Waals surface area contributed by atoms with Gasteiger partial charge in [-0.15, -0.1) is 11.3 Å². The van der Waals surface area contributed by atoms with Crippen LogP contribution in [0.2, 0.25) is 5.02 Å². The number of hydrogen-bond donors (Lipinski definition) is 2. The van der Waals surface area contributed by atoms with E-state index in [0.717, 1.165) is 23.1 Å². The van der Waals surface area contributed by atoms with Gasteiger partial charge in [0.25, 0.3) is 5.91 Å². The number of benzene rings is 2. The normalized spacial score (nSPS) is 13.1. The van der Waals surface area contributed by atoms with E-state index in [-0.39, 0.29) is 21.4 Å². The Labute approximate surface area is 175 Å². The maximum absolute atomic E-state index is 12.6. The minimum atomic E-state index is -3.47. The van der Waals surface area contributed by atoms with Crippen LogP contribution in [0.5, 0.6) is 0 Å². The molecule has 0 fully saturated rings. The largest absolute Gasteiger partial charge is 0.326 e. The zero-order valence-corrected chi connectivity index (χ0v) is 17.4. The topological polar surface area (TPSA) is 105 Å². The lowest BCUT2D eigenvalue weighted by Gasteiger charge is -2.06. The van der Waals surface area contributed by atoms with Gasteiger partial charge in [0.15, 0.2) is 15.0 Å². The lowest BCUT2D eigenvalue weighted by atomic mass is 10.1. The van der Waals surface area contributed by atoms with E-state index < -0.39 is 15.7 Å². The molecule has 0 saturated carbocycles. The monoisotopic (exact) mass is 447 g/mol. The first kappa shape index (κ1) is 19.6. The summed E-state index contributed by atoms with van der Waals surface area (Å²) in [5.74, 6) is -0.596. The number of hydrogen-bond acceptors (Lipinski definition) is 6. The standard InChI is InChI=1S/C19H14ClN3O4S2/c1-29(26,27)12-3-4-14(20)13(8-12)18(25)23-19-22-16(9-28-19)10-2-5-15-11(6-10)7-17(24)21-15/h2-6,8-9H,7H2,1H3,(H,21,24)(H,22,23,25). The third kappa shape index (κ3) is 4.02. The molecule has 148 valence electrons. The Morgan fingerprint density at radius 1 is 1.24 bits per heavy atom. The molecule has 2 N–H and O–H groups in total. The van der Waals surface area contributed by atoms with Gasteiger partial charge in [-0.3, -0.25) is 14.9 Å². The smallest absolute Gasteiger partial charge is 0.259 e. The Morgan fingerprint density at radius 3 is 2.79 bits per heavy atom. The number of amides is 2. The third-order valence-electron chi connectivity index (χ3n) is 4.36. The van der Waals surface area contributed by atoms with Crippen molar-refractivity contribution in [2.75, 3.05) is 16.9 Å². The van der Waals surface area contributed by atoms with Crippen LogP contribution in [0.15, 0.2) is 46.7 Å². The van der Waals surface area contributed by atoms with E-state index >= 15 is 0 Å². The van der Waals surface area contributed by atoms with Crippen LogP contribution >= 0.6 is 22.9 Å². The molecule has 1 aromatic heterocycles. The van der Waals surface area contributed by atoms with Gasteiger partial charge < -0.3 is 5.32 Å². The fraction of sp³-hybridized carbons (Fsp3) is 0.105. The van der Waals surface area contributed by atoms with Crippen molar-refractivity contribution in [1.29, 1.82) is 0 Å². The molecule has 4 rings (SSSR count). The average Bonchev–Trinajstić information content (AvgIpc) is 3.25. The molecule has 0 spiro atoms. The van der Waals surface area contributed by atoms with Crippen LogP contribution < -0.4 is 10.6 Å². The van der Waals surface area contributed by atoms with Crippen LogP contribution in [0.25, 0.3) is 11.3 Å². The fourth-order valence-corrected chi connectivity index (χ4v) is 4.49.